The molecule has 3 heterocycles. The minimum Gasteiger partial charge on any atom is -0.481 e. The van der Waals surface area contributed by atoms with E-state index in [0.717, 1.165) is 86.5 Å². The molecule has 3 aromatic rings. The lowest BCUT2D eigenvalue weighted by molar-refractivity contribution is -0.144. The van der Waals surface area contributed by atoms with Crippen molar-refractivity contribution in [3.05, 3.63) is 91.1 Å². The molecular weight excluding hydrogens is 768 g/mol. The Morgan fingerprint density at radius 3 is 2.21 bits per heavy atom. The van der Waals surface area contributed by atoms with Gasteiger partial charge < -0.3 is 29.9 Å². The largest absolute Gasteiger partial charge is 0.481 e. The highest BCUT2D eigenvalue weighted by molar-refractivity contribution is 6.30. The fraction of sp³-hybridized carbons (Fsp3) is 0.524. The van der Waals surface area contributed by atoms with Gasteiger partial charge in [-0.1, -0.05) is 25.4 Å². The predicted octanol–water partition coefficient (Wildman–Crippen LogP) is 7.87. The van der Waals surface area contributed by atoms with E-state index in [1.165, 1.54) is 0 Å². The lowest BCUT2D eigenvalue weighted by Crippen LogP contribution is -2.58. The Hall–Kier alpha value is -4.27. The van der Waals surface area contributed by atoms with Crippen LogP contribution in [0.25, 0.3) is 11.1 Å². The van der Waals surface area contributed by atoms with Gasteiger partial charge in [0.15, 0.2) is 0 Å². The van der Waals surface area contributed by atoms with Gasteiger partial charge in [0.2, 0.25) is 6.41 Å². The van der Waals surface area contributed by atoms with E-state index in [-0.39, 0.29) is 17.7 Å². The van der Waals surface area contributed by atoms with Crippen molar-refractivity contribution < 1.29 is 41.8 Å². The number of carboxylic acid groups (broad SMARTS) is 1. The van der Waals surface area contributed by atoms with Gasteiger partial charge in [-0.2, -0.15) is 13.2 Å². The van der Waals surface area contributed by atoms with E-state index in [2.05, 4.69) is 15.5 Å². The minimum atomic E-state index is -4.65. The second kappa shape index (κ2) is 19.9. The summed E-state index contributed by atoms with van der Waals surface area (Å²) in [6.45, 7) is 14.2. The molecule has 57 heavy (non-hydrogen) atoms. The number of nitrogens with zero attached hydrogens (tertiary/aromatic N) is 2. The molecule has 0 radical (unpaired) electrons. The Bertz CT molecular complexity index is 1930. The van der Waals surface area contributed by atoms with Crippen molar-refractivity contribution in [2.45, 2.75) is 91.9 Å². The molecule has 0 saturated carbocycles. The standard InChI is InChI=1S/C23H34F3N3O3.C19H19ClFNO3/c1-17(2)7-10-27-20(30)18-5-6-19(23(24,25)26)29(21(18)31)12-4-3-11-28-15-22(16-28)8-13-32-14-9-22;1-10-5-14(20)6-11(2)18(10)13-4-12(3)19(21)15(7-13)16(22-9-23)8-17(24)25/h5-6,17H,3-4,7-16H2,1-2H3,(H,27,30);4-7,9,16H,8H2,1-3H3,(H,22,23)(H,24,25)/t;16-/m.0/s1. The maximum Gasteiger partial charge on any atom is 0.431 e. The highest BCUT2D eigenvalue weighted by Crippen LogP contribution is 2.40. The lowest BCUT2D eigenvalue weighted by atomic mass is 9.73. The fourth-order valence-electron chi connectivity index (χ4n) is 7.65. The molecule has 2 aliphatic heterocycles. The number of aromatic nitrogens is 1. The Morgan fingerprint density at radius 2 is 1.63 bits per heavy atom. The molecule has 2 aliphatic rings. The van der Waals surface area contributed by atoms with Gasteiger partial charge in [0, 0.05) is 55.4 Å². The first-order valence-electron chi connectivity index (χ1n) is 19.2. The Labute approximate surface area is 335 Å². The van der Waals surface area contributed by atoms with Crippen LogP contribution in [0.2, 0.25) is 5.02 Å². The van der Waals surface area contributed by atoms with Crippen LogP contribution < -0.4 is 16.2 Å². The third-order valence-corrected chi connectivity index (χ3v) is 10.8. The maximum atomic E-state index is 14.6. The summed E-state index contributed by atoms with van der Waals surface area (Å²) in [4.78, 5) is 49.3. The summed E-state index contributed by atoms with van der Waals surface area (Å²) in [5.74, 6) is -1.90. The molecule has 2 saturated heterocycles. The number of hydrogen-bond acceptors (Lipinski definition) is 6. The molecule has 0 unspecified atom stereocenters. The molecular formula is C42H53ClF4N4O6. The molecule has 2 amide bonds. The lowest BCUT2D eigenvalue weighted by Gasteiger charge is -2.52. The van der Waals surface area contributed by atoms with Crippen molar-refractivity contribution in [2.24, 2.45) is 11.3 Å². The van der Waals surface area contributed by atoms with Gasteiger partial charge in [-0.15, -0.1) is 0 Å². The Balaban J connectivity index is 0.000000261. The number of aliphatic carboxylic acids is 1. The normalized spacial score (nSPS) is 15.7. The van der Waals surface area contributed by atoms with E-state index in [0.29, 0.717) is 52.3 Å². The van der Waals surface area contributed by atoms with Crippen molar-refractivity contribution in [1.82, 2.24) is 20.1 Å². The molecule has 15 heteroatoms. The third-order valence-electron chi connectivity index (χ3n) is 10.6. The van der Waals surface area contributed by atoms with Crippen molar-refractivity contribution in [2.75, 3.05) is 39.4 Å². The molecule has 3 N–H and O–H groups in total. The Morgan fingerprint density at radius 1 is 1.00 bits per heavy atom. The second-order valence-corrected chi connectivity index (χ2v) is 16.0. The molecule has 10 nitrogen and oxygen atoms in total. The number of hydrogen-bond donors (Lipinski definition) is 3. The van der Waals surface area contributed by atoms with Gasteiger partial charge in [0.1, 0.15) is 17.1 Å². The number of unbranched alkanes of at least 4 members (excludes halogenated alkanes) is 1. The zero-order valence-corrected chi connectivity index (χ0v) is 33.9. The van der Waals surface area contributed by atoms with E-state index < -0.39 is 47.6 Å². The average molecular weight is 821 g/mol. The van der Waals surface area contributed by atoms with Crippen molar-refractivity contribution in [3.63, 3.8) is 0 Å². The van der Waals surface area contributed by atoms with Crippen LogP contribution in [0.15, 0.2) is 41.2 Å². The molecule has 5 rings (SSSR count). The molecule has 1 atom stereocenters. The number of aryl methyl sites for hydroxylation is 3. The highest BCUT2D eigenvalue weighted by atomic mass is 35.5. The molecule has 2 aromatic carbocycles. The maximum absolute atomic E-state index is 14.6. The van der Waals surface area contributed by atoms with E-state index >= 15 is 0 Å². The summed E-state index contributed by atoms with van der Waals surface area (Å²) in [6.07, 6.45) is -0.677. The first-order chi connectivity index (χ1) is 26.9. The topological polar surface area (TPSA) is 130 Å². The van der Waals surface area contributed by atoms with Crippen molar-refractivity contribution in [3.8, 4) is 11.1 Å². The SMILES string of the molecule is CC(C)CCNC(=O)c1ccc(C(F)(F)F)n(CCCCN2CC3(CCOCC3)C2)c1=O.Cc1cc(-c2c(C)cc(Cl)cc2C)cc([C@H](CC(=O)O)NC=O)c1F. The first-order valence-corrected chi connectivity index (χ1v) is 19.6. The van der Waals surface area contributed by atoms with Gasteiger partial charge in [-0.05, 0) is 130 Å². The molecule has 2 fully saturated rings. The van der Waals surface area contributed by atoms with Gasteiger partial charge in [0.05, 0.1) is 12.5 Å². The van der Waals surface area contributed by atoms with E-state index in [4.69, 9.17) is 21.4 Å². The van der Waals surface area contributed by atoms with Crippen LogP contribution >= 0.6 is 11.6 Å². The zero-order valence-electron chi connectivity index (χ0n) is 33.2. The number of benzene rings is 2. The van der Waals surface area contributed by atoms with Crippen LogP contribution in [0, 0.1) is 37.9 Å². The van der Waals surface area contributed by atoms with Crippen LogP contribution in [0.5, 0.6) is 0 Å². The summed E-state index contributed by atoms with van der Waals surface area (Å²) in [5.41, 5.74) is 2.28. The number of pyridine rings is 1. The summed E-state index contributed by atoms with van der Waals surface area (Å²) >= 11 is 6.07. The van der Waals surface area contributed by atoms with E-state index in [1.54, 1.807) is 19.1 Å². The number of ether oxygens (including phenoxy) is 1. The first kappa shape index (κ1) is 45.4. The van der Waals surface area contributed by atoms with Crippen molar-refractivity contribution >= 4 is 29.9 Å². The average Bonchev–Trinajstić information content (AvgIpc) is 3.10. The number of rotatable bonds is 15. The number of carbonyl (C=O) groups is 3. The smallest absolute Gasteiger partial charge is 0.431 e. The van der Waals surface area contributed by atoms with Crippen LogP contribution in [-0.4, -0.2) is 72.3 Å². The summed E-state index contributed by atoms with van der Waals surface area (Å²) in [7, 11) is 0. The number of alkyl halides is 3. The summed E-state index contributed by atoms with van der Waals surface area (Å²) in [6, 6.07) is 7.82. The monoisotopic (exact) mass is 820 g/mol. The molecule has 0 aliphatic carbocycles. The van der Waals surface area contributed by atoms with Gasteiger partial charge >= 0.3 is 12.1 Å². The zero-order chi connectivity index (χ0) is 42.1. The quantitative estimate of drug-likeness (QED) is 0.0809. The van der Waals surface area contributed by atoms with Crippen molar-refractivity contribution in [1.29, 1.82) is 0 Å². The van der Waals surface area contributed by atoms with E-state index in [9.17, 15) is 36.7 Å². The molecule has 1 spiro atoms. The molecule has 1 aromatic heterocycles. The fourth-order valence-corrected chi connectivity index (χ4v) is 7.98. The number of halogens is 5. The second-order valence-electron chi connectivity index (χ2n) is 15.6. The summed E-state index contributed by atoms with van der Waals surface area (Å²) < 4.78 is 61.2. The Kier molecular flexibility index (Phi) is 15.9. The number of nitrogens with one attached hydrogen (secondary N) is 2. The number of amides is 2. The minimum absolute atomic E-state index is 0.0619. The van der Waals surface area contributed by atoms with Crippen LogP contribution in [0.3, 0.4) is 0 Å². The molecule has 312 valence electrons. The van der Waals surface area contributed by atoms with Gasteiger partial charge in [0.25, 0.3) is 11.5 Å². The number of carbonyl (C=O) groups excluding carboxylic acids is 2. The molecule has 0 bridgehead atoms. The van der Waals surface area contributed by atoms with Crippen LogP contribution in [-0.2, 0) is 27.0 Å². The highest BCUT2D eigenvalue weighted by Gasteiger charge is 2.43. The van der Waals surface area contributed by atoms with E-state index in [1.807, 2.05) is 39.8 Å². The number of carboxylic acids is 1. The van der Waals surface area contributed by atoms with Gasteiger partial charge in [-0.3, -0.25) is 19.2 Å². The summed E-state index contributed by atoms with van der Waals surface area (Å²) in [5, 5.41) is 14.7. The van der Waals surface area contributed by atoms with Crippen LogP contribution in [0.1, 0.15) is 96.7 Å². The van der Waals surface area contributed by atoms with Crippen LogP contribution in [0.4, 0.5) is 17.6 Å². The third kappa shape index (κ3) is 12.1. The predicted molar refractivity (Wildman–Crippen MR) is 211 cm³/mol. The van der Waals surface area contributed by atoms with Gasteiger partial charge in [-0.25, -0.2) is 4.39 Å². The number of likely N-dealkylation sites (tertiary alicyclic amines) is 1.